The van der Waals surface area contributed by atoms with Gasteiger partial charge in [0.15, 0.2) is 0 Å². The fourth-order valence-corrected chi connectivity index (χ4v) is 3.67. The Morgan fingerprint density at radius 3 is 2.83 bits per heavy atom. The highest BCUT2D eigenvalue weighted by Crippen LogP contribution is 2.26. The van der Waals surface area contributed by atoms with Gasteiger partial charge in [-0.25, -0.2) is 9.97 Å². The van der Waals surface area contributed by atoms with Crippen LogP contribution in [0, 0.1) is 5.92 Å². The predicted octanol–water partition coefficient (Wildman–Crippen LogP) is 3.94. The third-order valence-corrected chi connectivity index (χ3v) is 5.08. The van der Waals surface area contributed by atoms with Crippen LogP contribution in [0.15, 0.2) is 36.7 Å². The van der Waals surface area contributed by atoms with E-state index in [4.69, 9.17) is 4.74 Å². The molecule has 1 aromatic carbocycles. The minimum Gasteiger partial charge on any atom is -0.494 e. The van der Waals surface area contributed by atoms with E-state index in [2.05, 4.69) is 32.4 Å². The van der Waals surface area contributed by atoms with Gasteiger partial charge in [-0.15, -0.1) is 0 Å². The number of carbonyl (C=O) groups excluding carboxylic acids is 1. The second-order valence-electron chi connectivity index (χ2n) is 7.29. The van der Waals surface area contributed by atoms with Gasteiger partial charge in [0.2, 0.25) is 5.91 Å². The molecule has 0 radical (unpaired) electrons. The molecule has 2 heterocycles. The van der Waals surface area contributed by atoms with Crippen molar-refractivity contribution in [1.29, 1.82) is 0 Å². The number of benzene rings is 1. The zero-order valence-corrected chi connectivity index (χ0v) is 17.4. The van der Waals surface area contributed by atoms with Gasteiger partial charge < -0.3 is 20.3 Å². The number of nitrogens with zero attached hydrogens (tertiary/aromatic N) is 3. The molecule has 0 bridgehead atoms. The van der Waals surface area contributed by atoms with Gasteiger partial charge in [0.1, 0.15) is 23.7 Å². The van der Waals surface area contributed by atoms with Gasteiger partial charge in [-0.2, -0.15) is 0 Å². The first kappa shape index (κ1) is 20.9. The van der Waals surface area contributed by atoms with Gasteiger partial charge in [-0.1, -0.05) is 0 Å². The Balaban J connectivity index is 1.47. The summed E-state index contributed by atoms with van der Waals surface area (Å²) in [6, 6.07) is 9.51. The largest absolute Gasteiger partial charge is 0.494 e. The number of hydrogen-bond donors (Lipinski definition) is 2. The average Bonchev–Trinajstić information content (AvgIpc) is 2.75. The first-order chi connectivity index (χ1) is 14.2. The fourth-order valence-electron chi connectivity index (χ4n) is 3.67. The van der Waals surface area contributed by atoms with Crippen LogP contribution in [0.2, 0.25) is 0 Å². The monoisotopic (exact) mass is 397 g/mol. The van der Waals surface area contributed by atoms with E-state index >= 15 is 0 Å². The van der Waals surface area contributed by atoms with Gasteiger partial charge in [0.05, 0.1) is 6.61 Å². The third-order valence-electron chi connectivity index (χ3n) is 5.08. The molecule has 1 aliphatic rings. The first-order valence-corrected chi connectivity index (χ1v) is 10.5. The normalized spacial score (nSPS) is 16.3. The fraction of sp³-hybridized carbons (Fsp3) is 0.500. The summed E-state index contributed by atoms with van der Waals surface area (Å²) < 4.78 is 5.43. The Morgan fingerprint density at radius 1 is 1.24 bits per heavy atom. The lowest BCUT2D eigenvalue weighted by Gasteiger charge is -2.33. The molecule has 0 unspecified atom stereocenters. The lowest BCUT2D eigenvalue weighted by atomic mass is 9.93. The summed E-state index contributed by atoms with van der Waals surface area (Å²) in [5, 5.41) is 6.21. The molecule has 1 aliphatic heterocycles. The quantitative estimate of drug-likeness (QED) is 0.667. The molecule has 0 spiro atoms. The second-order valence-corrected chi connectivity index (χ2v) is 7.29. The number of carbonyl (C=O) groups is 1. The van der Waals surface area contributed by atoms with E-state index in [0.717, 1.165) is 62.0 Å². The van der Waals surface area contributed by atoms with Crippen molar-refractivity contribution >= 4 is 23.2 Å². The average molecular weight is 398 g/mol. The summed E-state index contributed by atoms with van der Waals surface area (Å²) in [5.74, 6) is 3.18. The van der Waals surface area contributed by atoms with Gasteiger partial charge in [0.25, 0.3) is 0 Å². The molecule has 2 N–H and O–H groups in total. The number of piperidine rings is 1. The highest BCUT2D eigenvalue weighted by atomic mass is 16.5. The molecule has 0 saturated carbocycles. The van der Waals surface area contributed by atoms with E-state index in [1.165, 1.54) is 0 Å². The number of amides is 1. The van der Waals surface area contributed by atoms with E-state index in [-0.39, 0.29) is 5.91 Å². The van der Waals surface area contributed by atoms with Crippen LogP contribution in [0.4, 0.5) is 17.3 Å². The summed E-state index contributed by atoms with van der Waals surface area (Å²) in [6.07, 6.45) is 5.29. The van der Waals surface area contributed by atoms with Crippen LogP contribution in [0.1, 0.15) is 39.5 Å². The van der Waals surface area contributed by atoms with Gasteiger partial charge in [0, 0.05) is 37.8 Å². The van der Waals surface area contributed by atoms with Crippen molar-refractivity contribution in [3.8, 4) is 5.75 Å². The van der Waals surface area contributed by atoms with Gasteiger partial charge >= 0.3 is 0 Å². The maximum Gasteiger partial charge on any atom is 0.224 e. The highest BCUT2D eigenvalue weighted by molar-refractivity contribution is 5.90. The zero-order valence-electron chi connectivity index (χ0n) is 17.4. The molecule has 0 aliphatic carbocycles. The first-order valence-electron chi connectivity index (χ1n) is 10.5. The Bertz CT molecular complexity index is 781. The molecule has 1 amide bonds. The molecule has 7 nitrogen and oxygen atoms in total. The van der Waals surface area contributed by atoms with Crippen molar-refractivity contribution < 1.29 is 9.53 Å². The Hall–Kier alpha value is -2.83. The molecule has 3 rings (SSSR count). The summed E-state index contributed by atoms with van der Waals surface area (Å²) in [7, 11) is 0. The van der Waals surface area contributed by atoms with Crippen molar-refractivity contribution in [1.82, 2.24) is 9.97 Å². The van der Waals surface area contributed by atoms with E-state index in [9.17, 15) is 4.79 Å². The zero-order chi connectivity index (χ0) is 20.5. The van der Waals surface area contributed by atoms with Crippen LogP contribution >= 0.6 is 0 Å². The number of anilines is 3. The topological polar surface area (TPSA) is 79.4 Å². The molecule has 156 valence electrons. The Kier molecular flexibility index (Phi) is 7.67. The van der Waals surface area contributed by atoms with Crippen molar-refractivity contribution in [2.75, 3.05) is 41.8 Å². The number of nitrogens with one attached hydrogen (secondary N) is 2. The molecule has 1 fully saturated rings. The molecule has 2 aromatic rings. The van der Waals surface area contributed by atoms with E-state index < -0.39 is 0 Å². The summed E-state index contributed by atoms with van der Waals surface area (Å²) in [5.41, 5.74) is 0.806. The lowest BCUT2D eigenvalue weighted by Crippen LogP contribution is -2.36. The van der Waals surface area contributed by atoms with Crippen LogP contribution in [0.3, 0.4) is 0 Å². The van der Waals surface area contributed by atoms with E-state index in [0.29, 0.717) is 18.9 Å². The van der Waals surface area contributed by atoms with Crippen molar-refractivity contribution in [2.45, 2.75) is 39.5 Å². The van der Waals surface area contributed by atoms with E-state index in [1.54, 1.807) is 6.33 Å². The van der Waals surface area contributed by atoms with Crippen molar-refractivity contribution in [2.24, 2.45) is 5.92 Å². The molecule has 1 atom stereocenters. The van der Waals surface area contributed by atoms with Crippen molar-refractivity contribution in [3.05, 3.63) is 36.7 Å². The van der Waals surface area contributed by atoms with Crippen LogP contribution in [0.25, 0.3) is 0 Å². The Morgan fingerprint density at radius 2 is 2.07 bits per heavy atom. The Labute approximate surface area is 172 Å². The van der Waals surface area contributed by atoms with Gasteiger partial charge in [-0.05, 0) is 63.3 Å². The maximum absolute atomic E-state index is 12.3. The SMILES string of the molecule is CCNc1cc(N2CCC[C@H](CCC(=O)Nc3ccc(OCC)cc3)C2)ncn1. The third kappa shape index (κ3) is 6.34. The van der Waals surface area contributed by atoms with Gasteiger partial charge in [-0.3, -0.25) is 4.79 Å². The number of ether oxygens (including phenoxy) is 1. The maximum atomic E-state index is 12.3. The standard InChI is InChI=1S/C22H31N5O2/c1-3-23-20-14-21(25-16-24-20)27-13-5-6-17(15-27)7-12-22(28)26-18-8-10-19(11-9-18)29-4-2/h8-11,14,16-17H,3-7,12-13,15H2,1-2H3,(H,26,28)(H,23,24,25)/t17-/m1/s1. The van der Waals surface area contributed by atoms with E-state index in [1.807, 2.05) is 37.3 Å². The molecule has 7 heteroatoms. The second kappa shape index (κ2) is 10.6. The number of aromatic nitrogens is 2. The van der Waals surface area contributed by atoms with Crippen LogP contribution in [-0.4, -0.2) is 42.1 Å². The highest BCUT2D eigenvalue weighted by Gasteiger charge is 2.22. The smallest absolute Gasteiger partial charge is 0.224 e. The molecular formula is C22H31N5O2. The summed E-state index contributed by atoms with van der Waals surface area (Å²) >= 11 is 0. The number of hydrogen-bond acceptors (Lipinski definition) is 6. The molecular weight excluding hydrogens is 366 g/mol. The predicted molar refractivity (Wildman–Crippen MR) is 117 cm³/mol. The van der Waals surface area contributed by atoms with Crippen molar-refractivity contribution in [3.63, 3.8) is 0 Å². The summed E-state index contributed by atoms with van der Waals surface area (Å²) in [6.45, 7) is 7.40. The number of rotatable bonds is 9. The van der Waals surface area contributed by atoms with Crippen LogP contribution in [0.5, 0.6) is 5.75 Å². The summed E-state index contributed by atoms with van der Waals surface area (Å²) in [4.78, 5) is 23.3. The van der Waals surface area contributed by atoms with Crippen LogP contribution in [-0.2, 0) is 4.79 Å². The molecule has 1 saturated heterocycles. The lowest BCUT2D eigenvalue weighted by molar-refractivity contribution is -0.116. The molecule has 1 aromatic heterocycles. The minimum atomic E-state index is 0.0581. The minimum absolute atomic E-state index is 0.0581. The van der Waals surface area contributed by atoms with Crippen LogP contribution < -0.4 is 20.3 Å². The molecule has 29 heavy (non-hydrogen) atoms.